The van der Waals surface area contributed by atoms with Crippen molar-refractivity contribution in [2.45, 2.75) is 5.16 Å². The summed E-state index contributed by atoms with van der Waals surface area (Å²) in [7, 11) is 1.69. The number of carbonyl (C=O) groups is 1. The lowest BCUT2D eigenvalue weighted by molar-refractivity contribution is -0.127. The lowest BCUT2D eigenvalue weighted by Crippen LogP contribution is -2.33. The standard InChI is InChI=1S/C21H21N3O2S2/c1-4-11-24(12-5-2)18(25)14-27-21-22-19-16(20(26)23(21)3)13-17(28-19)15-9-7-6-8-10-15/h4-10,13H,1-2,11-12,14H2,3H3. The minimum absolute atomic E-state index is 0.0460. The molecule has 3 aromatic rings. The summed E-state index contributed by atoms with van der Waals surface area (Å²) in [5.41, 5.74) is 0.953. The minimum atomic E-state index is -0.104. The molecule has 28 heavy (non-hydrogen) atoms. The molecule has 0 N–H and O–H groups in total. The Morgan fingerprint density at radius 1 is 1.25 bits per heavy atom. The van der Waals surface area contributed by atoms with Crippen LogP contribution in [0.4, 0.5) is 0 Å². The van der Waals surface area contributed by atoms with Crippen molar-refractivity contribution in [2.75, 3.05) is 18.8 Å². The van der Waals surface area contributed by atoms with Gasteiger partial charge in [0.1, 0.15) is 4.83 Å². The van der Waals surface area contributed by atoms with Crippen LogP contribution in [0.25, 0.3) is 20.7 Å². The smallest absolute Gasteiger partial charge is 0.262 e. The molecule has 2 heterocycles. The number of hydrogen-bond donors (Lipinski definition) is 0. The first-order chi connectivity index (χ1) is 13.5. The van der Waals surface area contributed by atoms with Crippen LogP contribution in [0.3, 0.4) is 0 Å². The van der Waals surface area contributed by atoms with E-state index in [1.165, 1.54) is 27.7 Å². The highest BCUT2D eigenvalue weighted by molar-refractivity contribution is 7.99. The summed E-state index contributed by atoms with van der Waals surface area (Å²) in [5, 5.41) is 1.13. The van der Waals surface area contributed by atoms with E-state index in [0.717, 1.165) is 10.4 Å². The van der Waals surface area contributed by atoms with Crippen LogP contribution in [0.5, 0.6) is 0 Å². The van der Waals surface area contributed by atoms with Crippen LogP contribution in [-0.2, 0) is 11.8 Å². The number of fused-ring (bicyclic) bond motifs is 1. The van der Waals surface area contributed by atoms with E-state index in [2.05, 4.69) is 18.1 Å². The highest BCUT2D eigenvalue weighted by atomic mass is 32.2. The van der Waals surface area contributed by atoms with Gasteiger partial charge in [-0.2, -0.15) is 0 Å². The molecule has 0 unspecified atom stereocenters. The van der Waals surface area contributed by atoms with E-state index in [0.29, 0.717) is 28.5 Å². The number of rotatable bonds is 8. The third-order valence-corrected chi connectivity index (χ3v) is 6.26. The summed E-state index contributed by atoms with van der Waals surface area (Å²) in [6.45, 7) is 8.28. The van der Waals surface area contributed by atoms with E-state index in [-0.39, 0.29) is 17.2 Å². The zero-order chi connectivity index (χ0) is 20.1. The SMILES string of the molecule is C=CCN(CC=C)C(=O)CSc1nc2sc(-c3ccccc3)cc2c(=O)n1C. The molecule has 3 rings (SSSR count). The molecule has 0 aliphatic carbocycles. The second-order valence-electron chi connectivity index (χ2n) is 6.12. The molecule has 0 saturated carbocycles. The lowest BCUT2D eigenvalue weighted by Gasteiger charge is -2.19. The van der Waals surface area contributed by atoms with Crippen molar-refractivity contribution in [1.29, 1.82) is 0 Å². The molecule has 0 spiro atoms. The molecule has 1 amide bonds. The van der Waals surface area contributed by atoms with E-state index >= 15 is 0 Å². The van der Waals surface area contributed by atoms with Crippen molar-refractivity contribution < 1.29 is 4.79 Å². The van der Waals surface area contributed by atoms with Crippen molar-refractivity contribution in [3.05, 3.63) is 72.1 Å². The Kier molecular flexibility index (Phi) is 6.49. The minimum Gasteiger partial charge on any atom is -0.335 e. The normalized spacial score (nSPS) is 10.8. The van der Waals surface area contributed by atoms with Crippen LogP contribution in [0, 0.1) is 0 Å². The molecule has 0 aliphatic heterocycles. The van der Waals surface area contributed by atoms with Crippen molar-refractivity contribution >= 4 is 39.2 Å². The second kappa shape index (κ2) is 9.03. The van der Waals surface area contributed by atoms with Crippen molar-refractivity contribution in [3.63, 3.8) is 0 Å². The highest BCUT2D eigenvalue weighted by Gasteiger charge is 2.16. The van der Waals surface area contributed by atoms with Crippen LogP contribution in [0.2, 0.25) is 0 Å². The number of thiophene rings is 1. The Morgan fingerprint density at radius 3 is 2.57 bits per heavy atom. The average molecular weight is 412 g/mol. The van der Waals surface area contributed by atoms with Gasteiger partial charge in [0.25, 0.3) is 5.56 Å². The third kappa shape index (κ3) is 4.26. The number of nitrogens with zero attached hydrogens (tertiary/aromatic N) is 3. The van der Waals surface area contributed by atoms with Gasteiger partial charge in [0, 0.05) is 25.0 Å². The molecule has 5 nitrogen and oxygen atoms in total. The lowest BCUT2D eigenvalue weighted by atomic mass is 10.2. The molecule has 7 heteroatoms. The van der Waals surface area contributed by atoms with E-state index in [4.69, 9.17) is 0 Å². The molecule has 0 saturated heterocycles. The fourth-order valence-electron chi connectivity index (χ4n) is 2.73. The van der Waals surface area contributed by atoms with Gasteiger partial charge in [0.05, 0.1) is 11.1 Å². The first-order valence-electron chi connectivity index (χ1n) is 8.73. The fourth-order valence-corrected chi connectivity index (χ4v) is 4.68. The Labute approximate surface area is 172 Å². The van der Waals surface area contributed by atoms with Crippen LogP contribution < -0.4 is 5.56 Å². The number of hydrogen-bond acceptors (Lipinski definition) is 5. The summed E-state index contributed by atoms with van der Waals surface area (Å²) in [4.78, 5) is 33.2. The third-order valence-electron chi connectivity index (χ3n) is 4.17. The van der Waals surface area contributed by atoms with Gasteiger partial charge < -0.3 is 4.90 Å². The maximum absolute atomic E-state index is 12.8. The quantitative estimate of drug-likeness (QED) is 0.320. The Bertz CT molecular complexity index is 1060. The molecular weight excluding hydrogens is 390 g/mol. The van der Waals surface area contributed by atoms with Gasteiger partial charge in [-0.1, -0.05) is 54.2 Å². The molecule has 0 atom stereocenters. The predicted molar refractivity (Wildman–Crippen MR) is 118 cm³/mol. The summed E-state index contributed by atoms with van der Waals surface area (Å²) in [6, 6.07) is 11.8. The number of benzene rings is 1. The van der Waals surface area contributed by atoms with Gasteiger partial charge >= 0.3 is 0 Å². The van der Waals surface area contributed by atoms with E-state index < -0.39 is 0 Å². The van der Waals surface area contributed by atoms with Crippen LogP contribution in [-0.4, -0.2) is 39.2 Å². The number of amides is 1. The van der Waals surface area contributed by atoms with E-state index in [1.807, 2.05) is 36.4 Å². The van der Waals surface area contributed by atoms with Crippen LogP contribution in [0.1, 0.15) is 0 Å². The second-order valence-corrected chi connectivity index (χ2v) is 8.09. The molecule has 0 aliphatic rings. The Morgan fingerprint density at radius 2 is 1.93 bits per heavy atom. The van der Waals surface area contributed by atoms with Gasteiger partial charge in [-0.05, 0) is 11.6 Å². The largest absolute Gasteiger partial charge is 0.335 e. The van der Waals surface area contributed by atoms with Crippen molar-refractivity contribution in [1.82, 2.24) is 14.5 Å². The summed E-state index contributed by atoms with van der Waals surface area (Å²) in [6.07, 6.45) is 3.37. The van der Waals surface area contributed by atoms with Gasteiger partial charge in [-0.25, -0.2) is 4.98 Å². The van der Waals surface area contributed by atoms with Crippen molar-refractivity contribution in [2.24, 2.45) is 7.05 Å². The van der Waals surface area contributed by atoms with E-state index in [1.54, 1.807) is 24.1 Å². The highest BCUT2D eigenvalue weighted by Crippen LogP contribution is 2.31. The molecule has 0 bridgehead atoms. The molecule has 144 valence electrons. The maximum Gasteiger partial charge on any atom is 0.262 e. The number of carbonyl (C=O) groups excluding carboxylic acids is 1. The van der Waals surface area contributed by atoms with Gasteiger partial charge in [-0.3, -0.25) is 14.2 Å². The van der Waals surface area contributed by atoms with E-state index in [9.17, 15) is 9.59 Å². The summed E-state index contributed by atoms with van der Waals surface area (Å²) in [5.74, 6) is 0.153. The number of aromatic nitrogens is 2. The first kappa shape index (κ1) is 20.1. The van der Waals surface area contributed by atoms with Crippen LogP contribution in [0.15, 0.2) is 71.7 Å². The first-order valence-corrected chi connectivity index (χ1v) is 10.5. The molecule has 0 radical (unpaired) electrons. The molecule has 1 aromatic carbocycles. The van der Waals surface area contributed by atoms with Gasteiger partial charge in [0.2, 0.25) is 5.91 Å². The Hall–Kier alpha value is -2.64. The molecule has 0 fully saturated rings. The summed E-state index contributed by atoms with van der Waals surface area (Å²) >= 11 is 2.75. The molecular formula is C21H21N3O2S2. The number of thioether (sulfide) groups is 1. The van der Waals surface area contributed by atoms with Gasteiger partial charge in [0.15, 0.2) is 5.16 Å². The zero-order valence-electron chi connectivity index (χ0n) is 15.6. The molecule has 2 aromatic heterocycles. The fraction of sp³-hybridized carbons (Fsp3) is 0.190. The van der Waals surface area contributed by atoms with Crippen LogP contribution >= 0.6 is 23.1 Å². The van der Waals surface area contributed by atoms with Crippen molar-refractivity contribution in [3.8, 4) is 10.4 Å². The topological polar surface area (TPSA) is 55.2 Å². The monoisotopic (exact) mass is 411 g/mol. The predicted octanol–water partition coefficient (Wildman–Crippen LogP) is 3.95. The maximum atomic E-state index is 12.8. The summed E-state index contributed by atoms with van der Waals surface area (Å²) < 4.78 is 1.51. The average Bonchev–Trinajstić information content (AvgIpc) is 3.14. The Balaban J connectivity index is 1.87. The van der Waals surface area contributed by atoms with Gasteiger partial charge in [-0.15, -0.1) is 24.5 Å². The zero-order valence-corrected chi connectivity index (χ0v) is 17.3.